The highest BCUT2D eigenvalue weighted by atomic mass is 16.6. The summed E-state index contributed by atoms with van der Waals surface area (Å²) in [7, 11) is 3.98. The molecule has 0 aliphatic heterocycles. The fraction of sp³-hybridized carbons (Fsp3) is 0.385. The highest BCUT2D eigenvalue weighted by Gasteiger charge is 2.19. The maximum atomic E-state index is 11.7. The van der Waals surface area contributed by atoms with Crippen molar-refractivity contribution in [3.8, 4) is 0 Å². The lowest BCUT2D eigenvalue weighted by molar-refractivity contribution is -0.858. The van der Waals surface area contributed by atoms with Crippen LogP contribution in [0.1, 0.15) is 6.42 Å². The molecule has 0 fully saturated rings. The predicted molar refractivity (Wildman–Crippen MR) is 77.0 cm³/mol. The molecule has 8 heteroatoms. The van der Waals surface area contributed by atoms with Crippen LogP contribution in [0.5, 0.6) is 0 Å². The Balaban J connectivity index is 2.53. The van der Waals surface area contributed by atoms with E-state index in [4.69, 9.17) is 0 Å². The van der Waals surface area contributed by atoms with E-state index in [1.807, 2.05) is 14.1 Å². The van der Waals surface area contributed by atoms with Crippen molar-refractivity contribution in [2.24, 2.45) is 0 Å². The predicted octanol–water partition coefficient (Wildman–Crippen LogP) is -0.816. The van der Waals surface area contributed by atoms with Crippen molar-refractivity contribution in [3.63, 3.8) is 0 Å². The van der Waals surface area contributed by atoms with E-state index in [2.05, 4.69) is 10.6 Å². The number of carbonyl (C=O) groups is 2. The normalized spacial score (nSPS) is 10.2. The van der Waals surface area contributed by atoms with Crippen molar-refractivity contribution in [1.29, 1.82) is 0 Å². The molecule has 0 aliphatic carbocycles. The van der Waals surface area contributed by atoms with Gasteiger partial charge < -0.3 is 15.5 Å². The lowest BCUT2D eigenvalue weighted by Gasteiger charge is -2.08. The van der Waals surface area contributed by atoms with Gasteiger partial charge in [-0.2, -0.15) is 0 Å². The molecule has 0 heterocycles. The van der Waals surface area contributed by atoms with Gasteiger partial charge in [-0.05, 0) is 6.07 Å². The Hall–Kier alpha value is -2.48. The Morgan fingerprint density at radius 1 is 1.24 bits per heavy atom. The maximum Gasteiger partial charge on any atom is 0.313 e. The smallest absolute Gasteiger partial charge is 0.313 e. The molecule has 0 radical (unpaired) electrons. The Morgan fingerprint density at radius 3 is 2.52 bits per heavy atom. The Bertz CT molecular complexity index is 531. The van der Waals surface area contributed by atoms with Crippen molar-refractivity contribution in [3.05, 3.63) is 34.4 Å². The molecule has 21 heavy (non-hydrogen) atoms. The minimum absolute atomic E-state index is 0.000357. The summed E-state index contributed by atoms with van der Waals surface area (Å²) in [5.41, 5.74) is -0.254. The quantitative estimate of drug-likeness (QED) is 0.276. The number of carbonyl (C=O) groups excluding carboxylic acids is 2. The number of quaternary nitrogens is 1. The second-order valence-corrected chi connectivity index (χ2v) is 4.79. The summed E-state index contributed by atoms with van der Waals surface area (Å²) in [6, 6.07) is 5.66. The van der Waals surface area contributed by atoms with Crippen LogP contribution in [-0.4, -0.2) is 43.9 Å². The molecule has 3 N–H and O–H groups in total. The topological polar surface area (TPSA) is 106 Å². The van der Waals surface area contributed by atoms with Crippen LogP contribution in [0, 0.1) is 10.1 Å². The number of nitrogens with one attached hydrogen (secondary N) is 3. The number of amides is 2. The lowest BCUT2D eigenvalue weighted by Crippen LogP contribution is -3.05. The third-order valence-corrected chi connectivity index (χ3v) is 2.69. The highest BCUT2D eigenvalue weighted by Crippen LogP contribution is 2.22. The lowest BCUT2D eigenvalue weighted by atomic mass is 10.2. The van der Waals surface area contributed by atoms with Crippen LogP contribution < -0.4 is 15.5 Å². The van der Waals surface area contributed by atoms with Crippen LogP contribution in [0.2, 0.25) is 0 Å². The van der Waals surface area contributed by atoms with Crippen LogP contribution in [0.4, 0.5) is 11.4 Å². The Kier molecular flexibility index (Phi) is 6.28. The van der Waals surface area contributed by atoms with E-state index in [1.165, 1.54) is 23.1 Å². The van der Waals surface area contributed by atoms with Crippen molar-refractivity contribution in [2.75, 3.05) is 32.5 Å². The van der Waals surface area contributed by atoms with Crippen molar-refractivity contribution in [2.45, 2.75) is 6.42 Å². The monoisotopic (exact) mass is 295 g/mol. The molecule has 1 aromatic carbocycles. The molecule has 8 nitrogen and oxygen atoms in total. The second kappa shape index (κ2) is 7.95. The number of nitro groups is 1. The standard InChI is InChI=1S/C13H18N4O4/c1-16(2)9-5-8-14-12(18)13(19)15-10-6-3-4-7-11(10)17(20)21/h3-4,6-7H,5,8-9H2,1-2H3,(H,14,18)(H,15,19)/p+1. The SMILES string of the molecule is C[NH+](C)CCCNC(=O)C(=O)Nc1ccccc1[N+](=O)[O-]. The minimum Gasteiger partial charge on any atom is -0.348 e. The van der Waals surface area contributed by atoms with Crippen molar-refractivity contribution >= 4 is 23.2 Å². The van der Waals surface area contributed by atoms with Gasteiger partial charge in [0.2, 0.25) is 0 Å². The van der Waals surface area contributed by atoms with Gasteiger partial charge in [-0.25, -0.2) is 0 Å². The molecule has 0 saturated heterocycles. The number of benzene rings is 1. The summed E-state index contributed by atoms with van der Waals surface area (Å²) in [6.07, 6.45) is 0.743. The zero-order chi connectivity index (χ0) is 15.8. The summed E-state index contributed by atoms with van der Waals surface area (Å²) in [4.78, 5) is 34.7. The van der Waals surface area contributed by atoms with E-state index in [-0.39, 0.29) is 11.4 Å². The number of nitrogens with zero attached hydrogens (tertiary/aromatic N) is 1. The van der Waals surface area contributed by atoms with Crippen LogP contribution >= 0.6 is 0 Å². The largest absolute Gasteiger partial charge is 0.348 e. The van der Waals surface area contributed by atoms with E-state index < -0.39 is 16.7 Å². The van der Waals surface area contributed by atoms with Crippen LogP contribution in [0.25, 0.3) is 0 Å². The first kappa shape index (κ1) is 16.6. The van der Waals surface area contributed by atoms with E-state index in [0.29, 0.717) is 6.54 Å². The maximum absolute atomic E-state index is 11.7. The molecule has 114 valence electrons. The number of hydrogen-bond donors (Lipinski definition) is 3. The van der Waals surface area contributed by atoms with E-state index >= 15 is 0 Å². The fourth-order valence-corrected chi connectivity index (χ4v) is 1.64. The van der Waals surface area contributed by atoms with Crippen LogP contribution in [0.3, 0.4) is 0 Å². The molecule has 0 aliphatic rings. The Labute approximate surface area is 122 Å². The molecule has 0 saturated carbocycles. The molecule has 0 aromatic heterocycles. The Morgan fingerprint density at radius 2 is 1.90 bits per heavy atom. The number of rotatable bonds is 6. The molecule has 0 atom stereocenters. The average molecular weight is 295 g/mol. The molecule has 0 unspecified atom stereocenters. The molecule has 1 aromatic rings. The second-order valence-electron chi connectivity index (χ2n) is 4.79. The first-order valence-corrected chi connectivity index (χ1v) is 6.53. The minimum atomic E-state index is -0.915. The number of anilines is 1. The molecule has 0 bridgehead atoms. The summed E-state index contributed by atoms with van der Waals surface area (Å²) in [6.45, 7) is 1.25. The van der Waals surface area contributed by atoms with Crippen molar-refractivity contribution < 1.29 is 19.4 Å². The van der Waals surface area contributed by atoms with Gasteiger partial charge >= 0.3 is 11.8 Å². The third kappa shape index (κ3) is 5.57. The molecular formula is C13H19N4O4+. The number of hydrogen-bond acceptors (Lipinski definition) is 4. The van der Waals surface area contributed by atoms with Gasteiger partial charge in [-0.3, -0.25) is 19.7 Å². The van der Waals surface area contributed by atoms with Gasteiger partial charge in [0.05, 0.1) is 25.6 Å². The van der Waals surface area contributed by atoms with Gasteiger partial charge in [0, 0.05) is 19.0 Å². The zero-order valence-corrected chi connectivity index (χ0v) is 12.0. The van der Waals surface area contributed by atoms with Gasteiger partial charge in [0.25, 0.3) is 5.69 Å². The van der Waals surface area contributed by atoms with E-state index in [1.54, 1.807) is 6.07 Å². The molecule has 0 spiro atoms. The summed E-state index contributed by atoms with van der Waals surface area (Å²) in [5.74, 6) is -1.72. The number of nitro benzene ring substituents is 1. The molecule has 1 rings (SSSR count). The number of para-hydroxylation sites is 2. The van der Waals surface area contributed by atoms with E-state index in [0.717, 1.165) is 13.0 Å². The molecule has 2 amide bonds. The molecular weight excluding hydrogens is 276 g/mol. The van der Waals surface area contributed by atoms with Crippen molar-refractivity contribution in [1.82, 2.24) is 5.32 Å². The average Bonchev–Trinajstić information content (AvgIpc) is 2.43. The van der Waals surface area contributed by atoms with Crippen LogP contribution in [0.15, 0.2) is 24.3 Å². The van der Waals surface area contributed by atoms with E-state index in [9.17, 15) is 19.7 Å². The summed E-state index contributed by atoms with van der Waals surface area (Å²) in [5, 5.41) is 15.5. The van der Waals surface area contributed by atoms with Gasteiger partial charge in [-0.15, -0.1) is 0 Å². The first-order valence-electron chi connectivity index (χ1n) is 6.53. The fourth-order valence-electron chi connectivity index (χ4n) is 1.64. The summed E-state index contributed by atoms with van der Waals surface area (Å²) >= 11 is 0. The first-order chi connectivity index (χ1) is 9.91. The van der Waals surface area contributed by atoms with Crippen LogP contribution in [-0.2, 0) is 9.59 Å². The van der Waals surface area contributed by atoms with Gasteiger partial charge in [0.15, 0.2) is 0 Å². The summed E-state index contributed by atoms with van der Waals surface area (Å²) < 4.78 is 0. The highest BCUT2D eigenvalue weighted by molar-refractivity contribution is 6.39. The zero-order valence-electron chi connectivity index (χ0n) is 12.0. The van der Waals surface area contributed by atoms with Gasteiger partial charge in [-0.1, -0.05) is 12.1 Å². The third-order valence-electron chi connectivity index (χ3n) is 2.69. The van der Waals surface area contributed by atoms with Gasteiger partial charge in [0.1, 0.15) is 5.69 Å².